The highest BCUT2D eigenvalue weighted by molar-refractivity contribution is 7.56. The molecule has 2 rings (SSSR count). The van der Waals surface area contributed by atoms with Crippen molar-refractivity contribution in [3.8, 4) is 0 Å². The fourth-order valence-electron chi connectivity index (χ4n) is 1.68. The fourth-order valence-corrected chi connectivity index (χ4v) is 2.90. The molecule has 0 fully saturated rings. The van der Waals surface area contributed by atoms with E-state index in [0.717, 1.165) is 0 Å². The Balaban J connectivity index is 2.42. The van der Waals surface area contributed by atoms with E-state index >= 15 is 0 Å². The molecular formula is C11H13P. The molecule has 0 spiro atoms. The summed E-state index contributed by atoms with van der Waals surface area (Å²) in [7, 11) is 0.125. The molecular weight excluding hydrogens is 163 g/mol. The Bertz CT molecular complexity index is 313. The Labute approximate surface area is 75.1 Å². The number of hydrogen-bond acceptors (Lipinski definition) is 0. The van der Waals surface area contributed by atoms with Gasteiger partial charge in [-0.05, 0) is 24.5 Å². The third-order valence-corrected chi connectivity index (χ3v) is 3.89. The monoisotopic (exact) mass is 176 g/mol. The van der Waals surface area contributed by atoms with Gasteiger partial charge in [0.2, 0.25) is 0 Å². The van der Waals surface area contributed by atoms with E-state index < -0.39 is 0 Å². The smallest absolute Gasteiger partial charge is 0.0225 e. The van der Waals surface area contributed by atoms with Gasteiger partial charge in [-0.2, -0.15) is 0 Å². The molecule has 0 aliphatic heterocycles. The van der Waals surface area contributed by atoms with Gasteiger partial charge in [0.1, 0.15) is 0 Å². The summed E-state index contributed by atoms with van der Waals surface area (Å²) < 4.78 is 0. The van der Waals surface area contributed by atoms with Gasteiger partial charge in [0.25, 0.3) is 0 Å². The highest BCUT2D eigenvalue weighted by atomic mass is 31.1. The zero-order valence-corrected chi connectivity index (χ0v) is 8.38. The first-order valence-corrected chi connectivity index (χ1v) is 6.53. The SMILES string of the molecule is CP(C)C1C=Cc2ccccc21. The van der Waals surface area contributed by atoms with Crippen molar-refractivity contribution in [1.29, 1.82) is 0 Å². The molecule has 1 unspecified atom stereocenters. The van der Waals surface area contributed by atoms with Crippen LogP contribution in [0.4, 0.5) is 0 Å². The van der Waals surface area contributed by atoms with Crippen LogP contribution in [0.15, 0.2) is 30.3 Å². The number of hydrogen-bond donors (Lipinski definition) is 0. The maximum atomic E-state index is 2.34. The Morgan fingerprint density at radius 1 is 1.17 bits per heavy atom. The molecule has 12 heavy (non-hydrogen) atoms. The summed E-state index contributed by atoms with van der Waals surface area (Å²) in [6.45, 7) is 4.68. The molecule has 0 saturated carbocycles. The maximum absolute atomic E-state index is 2.34. The topological polar surface area (TPSA) is 0 Å². The summed E-state index contributed by atoms with van der Waals surface area (Å²) in [5.74, 6) is 0. The van der Waals surface area contributed by atoms with E-state index in [1.54, 1.807) is 0 Å². The average Bonchev–Trinajstić information content (AvgIpc) is 2.47. The summed E-state index contributed by atoms with van der Waals surface area (Å²) >= 11 is 0. The third-order valence-electron chi connectivity index (χ3n) is 2.33. The minimum Gasteiger partial charge on any atom is -0.101 e. The summed E-state index contributed by atoms with van der Waals surface area (Å²) in [6, 6.07) is 8.70. The zero-order chi connectivity index (χ0) is 8.55. The van der Waals surface area contributed by atoms with E-state index in [0.29, 0.717) is 5.66 Å². The standard InChI is InChI=1S/C11H13P/c1-12(2)11-8-7-9-5-3-4-6-10(9)11/h3-8,11H,1-2H3. The molecule has 1 aliphatic carbocycles. The molecule has 1 atom stereocenters. The van der Waals surface area contributed by atoms with Gasteiger partial charge in [0.15, 0.2) is 0 Å². The van der Waals surface area contributed by atoms with E-state index in [2.05, 4.69) is 49.7 Å². The van der Waals surface area contributed by atoms with Crippen LogP contribution in [0.5, 0.6) is 0 Å². The lowest BCUT2D eigenvalue weighted by Crippen LogP contribution is -1.88. The first-order chi connectivity index (χ1) is 5.79. The zero-order valence-electron chi connectivity index (χ0n) is 7.49. The molecule has 1 aliphatic rings. The summed E-state index contributed by atoms with van der Waals surface area (Å²) in [6.07, 6.45) is 4.60. The van der Waals surface area contributed by atoms with Crippen molar-refractivity contribution in [2.24, 2.45) is 0 Å². The molecule has 0 bridgehead atoms. The lowest BCUT2D eigenvalue weighted by molar-refractivity contribution is 1.24. The average molecular weight is 176 g/mol. The highest BCUT2D eigenvalue weighted by Gasteiger charge is 2.18. The van der Waals surface area contributed by atoms with Crippen LogP contribution < -0.4 is 0 Å². The quantitative estimate of drug-likeness (QED) is 0.574. The first-order valence-electron chi connectivity index (χ1n) is 4.22. The van der Waals surface area contributed by atoms with E-state index in [1.807, 2.05) is 0 Å². The number of allylic oxidation sites excluding steroid dienone is 1. The van der Waals surface area contributed by atoms with Crippen LogP contribution in [0.25, 0.3) is 6.08 Å². The minimum atomic E-state index is 0.125. The maximum Gasteiger partial charge on any atom is 0.0225 e. The van der Waals surface area contributed by atoms with Crippen molar-refractivity contribution in [1.82, 2.24) is 0 Å². The van der Waals surface area contributed by atoms with E-state index in [9.17, 15) is 0 Å². The first kappa shape index (κ1) is 8.01. The molecule has 0 aromatic heterocycles. The van der Waals surface area contributed by atoms with Crippen molar-refractivity contribution >= 4 is 14.0 Å². The van der Waals surface area contributed by atoms with Gasteiger partial charge in [-0.15, -0.1) is 7.92 Å². The Morgan fingerprint density at radius 3 is 2.67 bits per heavy atom. The second-order valence-corrected chi connectivity index (χ2v) is 5.88. The molecule has 0 nitrogen and oxygen atoms in total. The number of rotatable bonds is 1. The molecule has 1 aromatic rings. The van der Waals surface area contributed by atoms with Crippen LogP contribution in [0, 0.1) is 0 Å². The molecule has 1 heteroatoms. The predicted octanol–water partition coefficient (Wildman–Crippen LogP) is 3.50. The van der Waals surface area contributed by atoms with Crippen molar-refractivity contribution in [2.75, 3.05) is 13.3 Å². The summed E-state index contributed by atoms with van der Waals surface area (Å²) in [4.78, 5) is 0. The Hall–Kier alpha value is -0.610. The molecule has 1 aromatic carbocycles. The lowest BCUT2D eigenvalue weighted by atomic mass is 10.1. The van der Waals surface area contributed by atoms with Gasteiger partial charge in [-0.1, -0.05) is 36.4 Å². The molecule has 0 heterocycles. The minimum absolute atomic E-state index is 0.125. The van der Waals surface area contributed by atoms with Crippen molar-refractivity contribution in [3.63, 3.8) is 0 Å². The summed E-state index contributed by atoms with van der Waals surface area (Å²) in [5, 5.41) is 0. The molecule has 0 saturated heterocycles. The molecule has 62 valence electrons. The van der Waals surface area contributed by atoms with Crippen LogP contribution >= 0.6 is 7.92 Å². The van der Waals surface area contributed by atoms with Crippen LogP contribution in [-0.4, -0.2) is 13.3 Å². The van der Waals surface area contributed by atoms with Gasteiger partial charge >= 0.3 is 0 Å². The second kappa shape index (κ2) is 3.03. The Morgan fingerprint density at radius 2 is 1.92 bits per heavy atom. The number of benzene rings is 1. The van der Waals surface area contributed by atoms with Crippen LogP contribution in [0.3, 0.4) is 0 Å². The van der Waals surface area contributed by atoms with Crippen LogP contribution in [0.2, 0.25) is 0 Å². The van der Waals surface area contributed by atoms with Crippen LogP contribution in [-0.2, 0) is 0 Å². The third kappa shape index (κ3) is 1.21. The van der Waals surface area contributed by atoms with E-state index in [4.69, 9.17) is 0 Å². The van der Waals surface area contributed by atoms with Crippen molar-refractivity contribution < 1.29 is 0 Å². The Kier molecular flexibility index (Phi) is 2.02. The van der Waals surface area contributed by atoms with Gasteiger partial charge < -0.3 is 0 Å². The lowest BCUT2D eigenvalue weighted by Gasteiger charge is -2.14. The van der Waals surface area contributed by atoms with Gasteiger partial charge in [-0.25, -0.2) is 0 Å². The van der Waals surface area contributed by atoms with Gasteiger partial charge in [-0.3, -0.25) is 0 Å². The van der Waals surface area contributed by atoms with Crippen LogP contribution in [0.1, 0.15) is 16.8 Å². The molecule has 0 N–H and O–H groups in total. The molecule has 0 radical (unpaired) electrons. The predicted molar refractivity (Wildman–Crippen MR) is 57.0 cm³/mol. The van der Waals surface area contributed by atoms with E-state index in [1.165, 1.54) is 11.1 Å². The molecule has 0 amide bonds. The van der Waals surface area contributed by atoms with Crippen molar-refractivity contribution in [2.45, 2.75) is 5.66 Å². The number of fused-ring (bicyclic) bond motifs is 1. The second-order valence-electron chi connectivity index (χ2n) is 3.40. The van der Waals surface area contributed by atoms with Gasteiger partial charge in [0, 0.05) is 5.66 Å². The highest BCUT2D eigenvalue weighted by Crippen LogP contribution is 2.49. The summed E-state index contributed by atoms with van der Waals surface area (Å²) in [5.41, 5.74) is 3.64. The van der Waals surface area contributed by atoms with E-state index in [-0.39, 0.29) is 7.92 Å². The fraction of sp³-hybridized carbons (Fsp3) is 0.273. The largest absolute Gasteiger partial charge is 0.101 e. The van der Waals surface area contributed by atoms with Crippen molar-refractivity contribution in [3.05, 3.63) is 41.5 Å². The normalized spacial score (nSPS) is 20.1. The van der Waals surface area contributed by atoms with Gasteiger partial charge in [0.05, 0.1) is 0 Å².